The van der Waals surface area contributed by atoms with Crippen molar-refractivity contribution >= 4 is 8.74 Å². The summed E-state index contributed by atoms with van der Waals surface area (Å²) < 4.78 is 26.4. The van der Waals surface area contributed by atoms with Gasteiger partial charge in [0.2, 0.25) is 0 Å². The molecule has 0 N–H and O–H groups in total. The molecule has 0 nitrogen and oxygen atoms in total. The zero-order chi connectivity index (χ0) is 10.2. The van der Waals surface area contributed by atoms with Crippen LogP contribution in [0.2, 0.25) is 12.1 Å². The van der Waals surface area contributed by atoms with Crippen molar-refractivity contribution in [3.8, 4) is 0 Å². The fourth-order valence-corrected chi connectivity index (χ4v) is 3.18. The topological polar surface area (TPSA) is 0 Å². The Hall–Kier alpha value is 0.0769. The molecule has 0 fully saturated rings. The quantitative estimate of drug-likeness (QED) is 0.307. The predicted octanol–water partition coefficient (Wildman–Crippen LogP) is 4.75. The van der Waals surface area contributed by atoms with E-state index in [-0.39, 0.29) is 12.1 Å². The Morgan fingerprint density at radius 1 is 0.769 bits per heavy atom. The van der Waals surface area contributed by atoms with Gasteiger partial charge in [0.15, 0.2) is 0 Å². The first-order valence-corrected chi connectivity index (χ1v) is 7.67. The van der Waals surface area contributed by atoms with Crippen molar-refractivity contribution in [3.63, 3.8) is 0 Å². The van der Waals surface area contributed by atoms with Gasteiger partial charge in [-0.1, -0.05) is 52.4 Å². The Morgan fingerprint density at radius 3 is 1.46 bits per heavy atom. The van der Waals surface area contributed by atoms with Crippen LogP contribution in [0.1, 0.15) is 52.4 Å². The Balaban J connectivity index is 3.42. The smallest absolute Gasteiger partial charge is 0.270 e. The third kappa shape index (κ3) is 8.41. The largest absolute Gasteiger partial charge is 0.425 e. The van der Waals surface area contributed by atoms with Crippen LogP contribution in [0.25, 0.3) is 0 Å². The summed E-state index contributed by atoms with van der Waals surface area (Å²) in [4.78, 5) is 0. The summed E-state index contributed by atoms with van der Waals surface area (Å²) in [6.45, 7) is 4.10. The highest BCUT2D eigenvalue weighted by molar-refractivity contribution is 6.66. The van der Waals surface area contributed by atoms with Gasteiger partial charge < -0.3 is 0 Å². The van der Waals surface area contributed by atoms with E-state index in [9.17, 15) is 8.22 Å². The molecule has 0 bridgehead atoms. The lowest BCUT2D eigenvalue weighted by molar-refractivity contribution is 0.557. The lowest BCUT2D eigenvalue weighted by Crippen LogP contribution is -2.21. The zero-order valence-electron chi connectivity index (χ0n) is 8.91. The fraction of sp³-hybridized carbons (Fsp3) is 1.00. The highest BCUT2D eigenvalue weighted by Crippen LogP contribution is 2.24. The van der Waals surface area contributed by atoms with Crippen LogP contribution in [0.5, 0.6) is 0 Å². The van der Waals surface area contributed by atoms with Gasteiger partial charge in [-0.15, -0.1) is 0 Å². The Kier molecular flexibility index (Phi) is 7.52. The van der Waals surface area contributed by atoms with Crippen LogP contribution in [-0.2, 0) is 0 Å². The van der Waals surface area contributed by atoms with Gasteiger partial charge in [-0.05, 0) is 12.1 Å². The summed E-state index contributed by atoms with van der Waals surface area (Å²) in [6, 6.07) is 0.453. The van der Waals surface area contributed by atoms with Crippen molar-refractivity contribution in [2.24, 2.45) is 0 Å². The first kappa shape index (κ1) is 13.1. The summed E-state index contributed by atoms with van der Waals surface area (Å²) >= 11 is 0. The molecule has 0 aromatic rings. The van der Waals surface area contributed by atoms with E-state index in [4.69, 9.17) is 0 Å². The molecule has 0 saturated carbocycles. The zero-order valence-corrected chi connectivity index (χ0v) is 9.91. The molecule has 0 rings (SSSR count). The van der Waals surface area contributed by atoms with Gasteiger partial charge >= 0.3 is 8.74 Å². The van der Waals surface area contributed by atoms with Crippen molar-refractivity contribution in [2.45, 2.75) is 64.5 Å². The second-order valence-electron chi connectivity index (χ2n) is 3.77. The van der Waals surface area contributed by atoms with Gasteiger partial charge in [-0.2, -0.15) is 0 Å². The lowest BCUT2D eigenvalue weighted by Gasteiger charge is -2.11. The summed E-state index contributed by atoms with van der Waals surface area (Å²) in [6.07, 6.45) is 5.50. The van der Waals surface area contributed by atoms with Gasteiger partial charge in [0, 0.05) is 0 Å². The molecule has 0 spiro atoms. The third-order valence-electron chi connectivity index (χ3n) is 2.29. The van der Waals surface area contributed by atoms with E-state index in [1.807, 2.05) is 0 Å². The van der Waals surface area contributed by atoms with Crippen LogP contribution in [0, 0.1) is 0 Å². The van der Waals surface area contributed by atoms with Crippen molar-refractivity contribution in [2.75, 3.05) is 0 Å². The molecule has 13 heavy (non-hydrogen) atoms. The first-order chi connectivity index (χ1) is 6.12. The number of hydrogen-bond acceptors (Lipinski definition) is 0. The fourth-order valence-electron chi connectivity index (χ4n) is 1.39. The second kappa shape index (κ2) is 7.48. The van der Waals surface area contributed by atoms with Gasteiger partial charge in [0.25, 0.3) is 0 Å². The minimum absolute atomic E-state index is 0.227. The van der Waals surface area contributed by atoms with Crippen LogP contribution in [0.4, 0.5) is 8.22 Å². The van der Waals surface area contributed by atoms with E-state index in [0.29, 0.717) is 0 Å². The Morgan fingerprint density at radius 2 is 1.15 bits per heavy atom. The number of rotatable bonds is 8. The maximum atomic E-state index is 13.2. The SMILES string of the molecule is CCCCC[Si](F)(F)CCCCC. The number of halogens is 2. The molecular formula is C10H22F2Si. The Labute approximate surface area is 82.1 Å². The van der Waals surface area contributed by atoms with Crippen LogP contribution < -0.4 is 0 Å². The molecule has 0 atom stereocenters. The molecule has 0 radical (unpaired) electrons. The normalized spacial score (nSPS) is 12.0. The maximum absolute atomic E-state index is 13.2. The molecule has 80 valence electrons. The van der Waals surface area contributed by atoms with Crippen LogP contribution in [0.3, 0.4) is 0 Å². The van der Waals surface area contributed by atoms with E-state index in [2.05, 4.69) is 13.8 Å². The van der Waals surface area contributed by atoms with E-state index in [1.165, 1.54) is 0 Å². The summed E-state index contributed by atoms with van der Waals surface area (Å²) in [7, 11) is -3.78. The maximum Gasteiger partial charge on any atom is 0.425 e. The first-order valence-electron chi connectivity index (χ1n) is 5.50. The molecule has 0 heterocycles. The highest BCUT2D eigenvalue weighted by atomic mass is 28.4. The lowest BCUT2D eigenvalue weighted by atomic mass is 10.3. The molecule has 3 heteroatoms. The van der Waals surface area contributed by atoms with Gasteiger partial charge in [-0.25, -0.2) is 0 Å². The van der Waals surface area contributed by atoms with Crippen molar-refractivity contribution in [1.29, 1.82) is 0 Å². The molecule has 0 aromatic heterocycles. The molecular weight excluding hydrogens is 186 g/mol. The summed E-state index contributed by atoms with van der Waals surface area (Å²) in [5.74, 6) is 0. The van der Waals surface area contributed by atoms with E-state index >= 15 is 0 Å². The van der Waals surface area contributed by atoms with E-state index < -0.39 is 8.74 Å². The van der Waals surface area contributed by atoms with Crippen molar-refractivity contribution < 1.29 is 8.22 Å². The van der Waals surface area contributed by atoms with Crippen molar-refractivity contribution in [3.05, 3.63) is 0 Å². The average Bonchev–Trinajstić information content (AvgIpc) is 2.05. The van der Waals surface area contributed by atoms with Gasteiger partial charge in [-0.3, -0.25) is 8.22 Å². The highest BCUT2D eigenvalue weighted by Gasteiger charge is 2.33. The minimum atomic E-state index is -3.78. The van der Waals surface area contributed by atoms with Gasteiger partial charge in [0.05, 0.1) is 0 Å². The minimum Gasteiger partial charge on any atom is -0.270 e. The molecule has 0 aromatic carbocycles. The molecule has 0 aliphatic heterocycles. The summed E-state index contributed by atoms with van der Waals surface area (Å²) in [5, 5.41) is 0. The average molecular weight is 208 g/mol. The van der Waals surface area contributed by atoms with Crippen LogP contribution >= 0.6 is 0 Å². The Bertz CT molecular complexity index is 103. The molecule has 0 amide bonds. The third-order valence-corrected chi connectivity index (χ3v) is 4.46. The molecule has 0 aliphatic carbocycles. The van der Waals surface area contributed by atoms with Gasteiger partial charge in [0.1, 0.15) is 0 Å². The monoisotopic (exact) mass is 208 g/mol. The molecule has 0 saturated heterocycles. The number of unbranched alkanes of at least 4 members (excludes halogenated alkanes) is 4. The van der Waals surface area contributed by atoms with E-state index in [1.54, 1.807) is 0 Å². The van der Waals surface area contributed by atoms with Crippen LogP contribution in [-0.4, -0.2) is 8.74 Å². The summed E-state index contributed by atoms with van der Waals surface area (Å²) in [5.41, 5.74) is 0. The molecule has 0 aliphatic rings. The molecule has 0 unspecified atom stereocenters. The number of hydrogen-bond donors (Lipinski definition) is 0. The van der Waals surface area contributed by atoms with Crippen molar-refractivity contribution in [1.82, 2.24) is 0 Å². The van der Waals surface area contributed by atoms with Crippen LogP contribution in [0.15, 0.2) is 0 Å². The standard InChI is InChI=1S/C10H22F2Si/c1-3-5-7-9-13(11,12)10-8-6-4-2/h3-10H2,1-2H3. The predicted molar refractivity (Wildman–Crippen MR) is 56.6 cm³/mol. The second-order valence-corrected chi connectivity index (χ2v) is 6.48. The van der Waals surface area contributed by atoms with E-state index in [0.717, 1.165) is 38.5 Å².